The highest BCUT2D eigenvalue weighted by molar-refractivity contribution is 7.18. The van der Waals surface area contributed by atoms with E-state index < -0.39 is 0 Å². The molecule has 150 valence electrons. The zero-order valence-corrected chi connectivity index (χ0v) is 17.5. The lowest BCUT2D eigenvalue weighted by molar-refractivity contribution is -0.121. The Bertz CT molecular complexity index is 800. The molecule has 1 saturated heterocycles. The number of hydrogen-bond donors (Lipinski definition) is 1. The van der Waals surface area contributed by atoms with Crippen LogP contribution in [0, 0.1) is 0 Å². The van der Waals surface area contributed by atoms with Crippen LogP contribution in [0.4, 0.5) is 0 Å². The van der Waals surface area contributed by atoms with Gasteiger partial charge in [-0.1, -0.05) is 23.7 Å². The molecule has 1 aliphatic heterocycles. The predicted octanol–water partition coefficient (Wildman–Crippen LogP) is 4.33. The number of thiophene rings is 1. The van der Waals surface area contributed by atoms with Gasteiger partial charge in [0.2, 0.25) is 5.91 Å². The molecule has 3 rings (SSSR count). The highest BCUT2D eigenvalue weighted by atomic mass is 35.5. The van der Waals surface area contributed by atoms with E-state index in [4.69, 9.17) is 16.3 Å². The number of ketones is 1. The second-order valence-electron chi connectivity index (χ2n) is 6.86. The van der Waals surface area contributed by atoms with Crippen LogP contribution in [0.15, 0.2) is 36.4 Å². The number of halogens is 1. The number of methoxy groups -OCH3 is 1. The zero-order valence-electron chi connectivity index (χ0n) is 15.9. The fourth-order valence-electron chi connectivity index (χ4n) is 3.45. The summed E-state index contributed by atoms with van der Waals surface area (Å²) in [5.41, 5.74) is 1.16. The molecule has 2 heterocycles. The average Bonchev–Trinajstić information content (AvgIpc) is 3.39. The van der Waals surface area contributed by atoms with Crippen molar-refractivity contribution in [2.45, 2.75) is 31.7 Å². The number of rotatable bonds is 9. The summed E-state index contributed by atoms with van der Waals surface area (Å²) < 4.78 is 5.83. The van der Waals surface area contributed by atoms with Crippen molar-refractivity contribution in [2.24, 2.45) is 0 Å². The minimum Gasteiger partial charge on any atom is -0.497 e. The van der Waals surface area contributed by atoms with Crippen molar-refractivity contribution in [1.29, 1.82) is 0 Å². The van der Waals surface area contributed by atoms with Gasteiger partial charge in [-0.25, -0.2) is 0 Å². The molecule has 1 N–H and O–H groups in total. The van der Waals surface area contributed by atoms with Crippen molar-refractivity contribution >= 4 is 34.6 Å². The van der Waals surface area contributed by atoms with Gasteiger partial charge >= 0.3 is 0 Å². The second-order valence-corrected chi connectivity index (χ2v) is 8.58. The minimum atomic E-state index is -0.103. The molecule has 0 saturated carbocycles. The van der Waals surface area contributed by atoms with Crippen molar-refractivity contribution in [1.82, 2.24) is 10.2 Å². The highest BCUT2D eigenvalue weighted by Gasteiger charge is 2.24. The van der Waals surface area contributed by atoms with Crippen LogP contribution >= 0.6 is 22.9 Å². The monoisotopic (exact) mass is 420 g/mol. The van der Waals surface area contributed by atoms with Crippen LogP contribution in [0.2, 0.25) is 4.34 Å². The van der Waals surface area contributed by atoms with Gasteiger partial charge in [-0.3, -0.25) is 14.5 Å². The summed E-state index contributed by atoms with van der Waals surface area (Å²) in [6.45, 7) is 2.60. The molecule has 1 aliphatic rings. The molecule has 0 aliphatic carbocycles. The van der Waals surface area contributed by atoms with E-state index in [9.17, 15) is 9.59 Å². The summed E-state index contributed by atoms with van der Waals surface area (Å²) >= 11 is 7.12. The van der Waals surface area contributed by atoms with Gasteiger partial charge in [0, 0.05) is 19.4 Å². The molecule has 0 unspecified atom stereocenters. The average molecular weight is 421 g/mol. The summed E-state index contributed by atoms with van der Waals surface area (Å²) in [5.74, 6) is 0.673. The van der Waals surface area contributed by atoms with Gasteiger partial charge in [-0.2, -0.15) is 0 Å². The van der Waals surface area contributed by atoms with Gasteiger partial charge in [0.15, 0.2) is 5.78 Å². The number of likely N-dealkylation sites (tertiary alicyclic amines) is 1. The lowest BCUT2D eigenvalue weighted by Gasteiger charge is -2.28. The van der Waals surface area contributed by atoms with E-state index in [1.165, 1.54) is 24.2 Å². The number of benzene rings is 1. The smallest absolute Gasteiger partial charge is 0.220 e. The van der Waals surface area contributed by atoms with E-state index >= 15 is 0 Å². The van der Waals surface area contributed by atoms with Gasteiger partial charge in [-0.15, -0.1) is 11.3 Å². The molecule has 7 heteroatoms. The van der Waals surface area contributed by atoms with Gasteiger partial charge in [-0.05, 0) is 55.8 Å². The van der Waals surface area contributed by atoms with Gasteiger partial charge in [0.05, 0.1) is 22.4 Å². The van der Waals surface area contributed by atoms with E-state index in [0.717, 1.165) is 24.4 Å². The fraction of sp³-hybridized carbons (Fsp3) is 0.429. The molecule has 1 amide bonds. The first-order valence-electron chi connectivity index (χ1n) is 9.50. The van der Waals surface area contributed by atoms with E-state index in [1.807, 2.05) is 12.1 Å². The van der Waals surface area contributed by atoms with Crippen LogP contribution in [0.1, 0.15) is 47.0 Å². The number of ether oxygens (including phenoxy) is 1. The highest BCUT2D eigenvalue weighted by Crippen LogP contribution is 2.26. The number of carbonyl (C=O) groups excluding carboxylic acids is 2. The Morgan fingerprint density at radius 1 is 1.14 bits per heavy atom. The van der Waals surface area contributed by atoms with Crippen molar-refractivity contribution in [3.05, 3.63) is 51.2 Å². The zero-order chi connectivity index (χ0) is 19.9. The van der Waals surface area contributed by atoms with Crippen molar-refractivity contribution in [3.8, 4) is 5.75 Å². The lowest BCUT2D eigenvalue weighted by Crippen LogP contribution is -2.36. The maximum atomic E-state index is 12.3. The van der Waals surface area contributed by atoms with Crippen LogP contribution in [-0.2, 0) is 4.79 Å². The topological polar surface area (TPSA) is 58.6 Å². The first-order valence-corrected chi connectivity index (χ1v) is 10.7. The minimum absolute atomic E-state index is 0.0432. The Hall–Kier alpha value is -1.89. The summed E-state index contributed by atoms with van der Waals surface area (Å²) in [7, 11) is 1.65. The number of nitrogens with zero attached hydrogens (tertiary/aromatic N) is 1. The molecule has 1 aromatic carbocycles. The predicted molar refractivity (Wildman–Crippen MR) is 112 cm³/mol. The molecule has 0 radical (unpaired) electrons. The first-order chi connectivity index (χ1) is 13.6. The number of nitrogens with one attached hydrogen (secondary N) is 1. The first kappa shape index (κ1) is 20.8. The van der Waals surface area contributed by atoms with E-state index in [2.05, 4.69) is 22.3 Å². The Kier molecular flexibility index (Phi) is 7.48. The molecule has 1 fully saturated rings. The normalized spacial score (nSPS) is 15.4. The van der Waals surface area contributed by atoms with Crippen molar-refractivity contribution < 1.29 is 14.3 Å². The molecular formula is C21H25ClN2O3S. The summed E-state index contributed by atoms with van der Waals surface area (Å²) in [6, 6.07) is 11.5. The molecule has 1 aromatic heterocycles. The van der Waals surface area contributed by atoms with E-state index in [-0.39, 0.29) is 30.6 Å². The Balaban J connectivity index is 1.55. The quantitative estimate of drug-likeness (QED) is 0.613. The Labute approximate surface area is 174 Å². The fourth-order valence-corrected chi connectivity index (χ4v) is 4.46. The van der Waals surface area contributed by atoms with Crippen LogP contribution in [-0.4, -0.2) is 43.3 Å². The number of hydrogen-bond acceptors (Lipinski definition) is 5. The van der Waals surface area contributed by atoms with E-state index in [1.54, 1.807) is 19.2 Å². The van der Waals surface area contributed by atoms with Gasteiger partial charge in [0.1, 0.15) is 5.75 Å². The third-order valence-electron chi connectivity index (χ3n) is 5.00. The third-order valence-corrected chi connectivity index (χ3v) is 6.27. The van der Waals surface area contributed by atoms with Crippen molar-refractivity contribution in [3.63, 3.8) is 0 Å². The number of Topliss-reactive ketones (excluding diaryl/α,β-unsaturated/α-hetero) is 1. The molecule has 2 aromatic rings. The SMILES string of the molecule is COc1ccc([C@H](CNC(=O)CCC(=O)c2ccc(Cl)s2)N2CCCC2)cc1. The summed E-state index contributed by atoms with van der Waals surface area (Å²) in [4.78, 5) is 27.5. The maximum Gasteiger partial charge on any atom is 0.220 e. The molecular weight excluding hydrogens is 396 g/mol. The van der Waals surface area contributed by atoms with Crippen LogP contribution in [0.3, 0.4) is 0 Å². The molecule has 0 spiro atoms. The van der Waals surface area contributed by atoms with E-state index in [0.29, 0.717) is 15.8 Å². The Morgan fingerprint density at radius 2 is 1.86 bits per heavy atom. The summed E-state index contributed by atoms with van der Waals surface area (Å²) in [5, 5.41) is 3.01. The largest absolute Gasteiger partial charge is 0.497 e. The second kappa shape index (κ2) is 10.0. The number of amides is 1. The van der Waals surface area contributed by atoms with Gasteiger partial charge < -0.3 is 10.1 Å². The van der Waals surface area contributed by atoms with Crippen LogP contribution in [0.25, 0.3) is 0 Å². The Morgan fingerprint density at radius 3 is 2.46 bits per heavy atom. The van der Waals surface area contributed by atoms with Gasteiger partial charge in [0.25, 0.3) is 0 Å². The van der Waals surface area contributed by atoms with Crippen LogP contribution in [0.5, 0.6) is 5.75 Å². The molecule has 28 heavy (non-hydrogen) atoms. The summed E-state index contributed by atoms with van der Waals surface area (Å²) in [6.07, 6.45) is 2.74. The van der Waals surface area contributed by atoms with Crippen LogP contribution < -0.4 is 10.1 Å². The standard InChI is InChI=1S/C21H25ClN2O3S/c1-27-16-6-4-15(5-7-16)17(24-12-2-3-13-24)14-23-21(26)11-8-18(25)19-9-10-20(22)28-19/h4-7,9-10,17H,2-3,8,11-14H2,1H3,(H,23,26)/t17-/m0/s1. The molecule has 0 bridgehead atoms. The number of carbonyl (C=O) groups is 2. The third kappa shape index (κ3) is 5.56. The lowest BCUT2D eigenvalue weighted by atomic mass is 10.0. The molecule has 5 nitrogen and oxygen atoms in total. The molecule has 1 atom stereocenters. The van der Waals surface area contributed by atoms with Crippen molar-refractivity contribution in [2.75, 3.05) is 26.7 Å². The maximum absolute atomic E-state index is 12.3.